The smallest absolute Gasteiger partial charge is 0.0107 e. The monoisotopic (exact) mass is 188 g/mol. The van der Waals surface area contributed by atoms with Gasteiger partial charge in [-0.2, -0.15) is 11.8 Å². The molecule has 1 fully saturated rings. The summed E-state index contributed by atoms with van der Waals surface area (Å²) in [6, 6.07) is 0. The molecule has 0 aromatic heterocycles. The number of thioether (sulfide) groups is 1. The Morgan fingerprint density at radius 3 is 2.67 bits per heavy atom. The molecule has 0 amide bonds. The molecule has 12 heavy (non-hydrogen) atoms. The van der Waals surface area contributed by atoms with Crippen LogP contribution in [0.2, 0.25) is 0 Å². The molecule has 1 aliphatic heterocycles. The minimum atomic E-state index is 0.845. The molecule has 1 heterocycles. The molecule has 72 valence electrons. The Hall–Kier alpha value is 0.270. The van der Waals surface area contributed by atoms with Crippen LogP contribution in [0.25, 0.3) is 0 Å². The van der Waals surface area contributed by atoms with Crippen molar-refractivity contribution in [2.75, 3.05) is 44.7 Å². The van der Waals surface area contributed by atoms with Crippen LogP contribution in [0.4, 0.5) is 0 Å². The van der Waals surface area contributed by atoms with E-state index in [-0.39, 0.29) is 0 Å². The maximum absolute atomic E-state index is 3.37. The Morgan fingerprint density at radius 2 is 2.08 bits per heavy atom. The van der Waals surface area contributed by atoms with E-state index in [1.165, 1.54) is 38.5 Å². The molecule has 2 nitrogen and oxygen atoms in total. The molecular weight excluding hydrogens is 168 g/mol. The number of nitrogens with zero attached hydrogens (tertiary/aromatic N) is 1. The number of piperazine rings is 1. The lowest BCUT2D eigenvalue weighted by Crippen LogP contribution is -2.45. The zero-order valence-corrected chi connectivity index (χ0v) is 8.99. The van der Waals surface area contributed by atoms with Crippen molar-refractivity contribution in [3.8, 4) is 0 Å². The predicted molar refractivity (Wildman–Crippen MR) is 56.9 cm³/mol. The van der Waals surface area contributed by atoms with Gasteiger partial charge in [-0.1, -0.05) is 6.92 Å². The Morgan fingerprint density at radius 1 is 1.42 bits per heavy atom. The quantitative estimate of drug-likeness (QED) is 0.705. The number of rotatable bonds is 4. The minimum Gasteiger partial charge on any atom is -0.314 e. The third kappa shape index (κ3) is 3.78. The molecule has 0 radical (unpaired) electrons. The number of hydrogen-bond acceptors (Lipinski definition) is 3. The van der Waals surface area contributed by atoms with E-state index in [4.69, 9.17) is 0 Å². The van der Waals surface area contributed by atoms with Gasteiger partial charge in [0.15, 0.2) is 0 Å². The Bertz CT molecular complexity index is 113. The van der Waals surface area contributed by atoms with Crippen molar-refractivity contribution >= 4 is 11.8 Å². The predicted octanol–water partition coefficient (Wildman–Crippen LogP) is 0.891. The van der Waals surface area contributed by atoms with Gasteiger partial charge in [-0.15, -0.1) is 0 Å². The average molecular weight is 188 g/mol. The zero-order valence-electron chi connectivity index (χ0n) is 8.18. The molecule has 3 heteroatoms. The fourth-order valence-electron chi connectivity index (χ4n) is 1.67. The first-order valence-corrected chi connectivity index (χ1v) is 6.14. The number of hydrogen-bond donors (Lipinski definition) is 1. The second-order valence-corrected chi connectivity index (χ2v) is 4.52. The Balaban J connectivity index is 2.11. The average Bonchev–Trinajstić information content (AvgIpc) is 2.06. The summed E-state index contributed by atoms with van der Waals surface area (Å²) in [5.74, 6) is 2.14. The molecule has 1 unspecified atom stereocenters. The molecule has 0 spiro atoms. The van der Waals surface area contributed by atoms with Crippen molar-refractivity contribution in [2.24, 2.45) is 5.92 Å². The second-order valence-electron chi connectivity index (χ2n) is 3.61. The zero-order chi connectivity index (χ0) is 8.81. The molecule has 1 N–H and O–H groups in total. The van der Waals surface area contributed by atoms with Gasteiger partial charge in [0.1, 0.15) is 0 Å². The maximum Gasteiger partial charge on any atom is 0.0107 e. The molecule has 0 aromatic carbocycles. The van der Waals surface area contributed by atoms with E-state index >= 15 is 0 Å². The summed E-state index contributed by atoms with van der Waals surface area (Å²) in [6.45, 7) is 8.44. The number of nitrogens with one attached hydrogen (secondary N) is 1. The summed E-state index contributed by atoms with van der Waals surface area (Å²) < 4.78 is 0. The van der Waals surface area contributed by atoms with Gasteiger partial charge in [0.2, 0.25) is 0 Å². The van der Waals surface area contributed by atoms with Crippen LogP contribution >= 0.6 is 11.8 Å². The first-order chi connectivity index (χ1) is 5.83. The third-order valence-corrected chi connectivity index (χ3v) is 3.13. The second kappa shape index (κ2) is 5.84. The van der Waals surface area contributed by atoms with Crippen LogP contribution in [-0.4, -0.2) is 49.6 Å². The fraction of sp³-hybridized carbons (Fsp3) is 1.00. The van der Waals surface area contributed by atoms with Crippen LogP contribution in [0.15, 0.2) is 0 Å². The van der Waals surface area contributed by atoms with Gasteiger partial charge in [-0.3, -0.25) is 0 Å². The highest BCUT2D eigenvalue weighted by atomic mass is 32.2. The van der Waals surface area contributed by atoms with Crippen molar-refractivity contribution in [2.45, 2.75) is 6.92 Å². The van der Waals surface area contributed by atoms with Gasteiger partial charge in [0.25, 0.3) is 0 Å². The van der Waals surface area contributed by atoms with Gasteiger partial charge < -0.3 is 10.2 Å². The topological polar surface area (TPSA) is 15.3 Å². The summed E-state index contributed by atoms with van der Waals surface area (Å²) in [6.07, 6.45) is 2.19. The van der Waals surface area contributed by atoms with Crippen molar-refractivity contribution in [1.82, 2.24) is 10.2 Å². The summed E-state index contributed by atoms with van der Waals surface area (Å²) in [5, 5.41) is 3.37. The van der Waals surface area contributed by atoms with Crippen LogP contribution in [-0.2, 0) is 0 Å². The van der Waals surface area contributed by atoms with Gasteiger partial charge in [-0.05, 0) is 17.9 Å². The van der Waals surface area contributed by atoms with Crippen molar-refractivity contribution in [1.29, 1.82) is 0 Å². The lowest BCUT2D eigenvalue weighted by molar-refractivity contribution is 0.218. The molecule has 0 aromatic rings. The van der Waals surface area contributed by atoms with Gasteiger partial charge in [0, 0.05) is 32.7 Å². The highest BCUT2D eigenvalue weighted by Gasteiger charge is 2.11. The van der Waals surface area contributed by atoms with E-state index in [1.807, 2.05) is 11.8 Å². The first kappa shape index (κ1) is 10.4. The lowest BCUT2D eigenvalue weighted by Gasteiger charge is -2.29. The van der Waals surface area contributed by atoms with Crippen LogP contribution in [0.1, 0.15) is 6.92 Å². The molecule has 0 aliphatic carbocycles. The SMILES string of the molecule is CSCC(C)CN1CCNCC1. The van der Waals surface area contributed by atoms with Crippen LogP contribution in [0.3, 0.4) is 0 Å². The van der Waals surface area contributed by atoms with E-state index in [2.05, 4.69) is 23.4 Å². The van der Waals surface area contributed by atoms with Crippen molar-refractivity contribution in [3.05, 3.63) is 0 Å². The Labute approximate surface area is 80.1 Å². The fourth-order valence-corrected chi connectivity index (χ4v) is 2.35. The highest BCUT2D eigenvalue weighted by molar-refractivity contribution is 7.98. The molecule has 0 saturated carbocycles. The normalized spacial score (nSPS) is 22.5. The van der Waals surface area contributed by atoms with Crippen LogP contribution in [0, 0.1) is 5.92 Å². The Kier molecular flexibility index (Phi) is 5.04. The lowest BCUT2D eigenvalue weighted by atomic mass is 10.2. The van der Waals surface area contributed by atoms with E-state index in [0.717, 1.165) is 5.92 Å². The van der Waals surface area contributed by atoms with Crippen molar-refractivity contribution < 1.29 is 0 Å². The van der Waals surface area contributed by atoms with E-state index in [9.17, 15) is 0 Å². The van der Waals surface area contributed by atoms with Crippen LogP contribution < -0.4 is 5.32 Å². The summed E-state index contributed by atoms with van der Waals surface area (Å²) in [7, 11) is 0. The first-order valence-electron chi connectivity index (χ1n) is 4.75. The largest absolute Gasteiger partial charge is 0.314 e. The van der Waals surface area contributed by atoms with E-state index in [0.29, 0.717) is 0 Å². The standard InChI is InChI=1S/C9H20N2S/c1-9(8-12-2)7-11-5-3-10-4-6-11/h9-10H,3-8H2,1-2H3. The van der Waals surface area contributed by atoms with Gasteiger partial charge in [-0.25, -0.2) is 0 Å². The third-order valence-electron chi connectivity index (χ3n) is 2.23. The maximum atomic E-state index is 3.37. The molecular formula is C9H20N2S. The molecule has 1 atom stereocenters. The minimum absolute atomic E-state index is 0.845. The summed E-state index contributed by atoms with van der Waals surface area (Å²) in [5.41, 5.74) is 0. The van der Waals surface area contributed by atoms with E-state index in [1.54, 1.807) is 0 Å². The molecule has 0 bridgehead atoms. The molecule has 1 saturated heterocycles. The summed E-state index contributed by atoms with van der Waals surface area (Å²) >= 11 is 1.96. The van der Waals surface area contributed by atoms with Gasteiger partial charge in [0.05, 0.1) is 0 Å². The van der Waals surface area contributed by atoms with Gasteiger partial charge >= 0.3 is 0 Å². The van der Waals surface area contributed by atoms with E-state index < -0.39 is 0 Å². The highest BCUT2D eigenvalue weighted by Crippen LogP contribution is 2.07. The molecule has 1 rings (SSSR count). The summed E-state index contributed by atoms with van der Waals surface area (Å²) in [4.78, 5) is 2.57. The van der Waals surface area contributed by atoms with Crippen LogP contribution in [0.5, 0.6) is 0 Å². The van der Waals surface area contributed by atoms with Crippen molar-refractivity contribution in [3.63, 3.8) is 0 Å². The molecule has 1 aliphatic rings.